The van der Waals surface area contributed by atoms with Crippen LogP contribution in [0.5, 0.6) is 0 Å². The van der Waals surface area contributed by atoms with Crippen molar-refractivity contribution in [2.45, 2.75) is 19.9 Å². The molecule has 0 saturated heterocycles. The summed E-state index contributed by atoms with van der Waals surface area (Å²) in [6.07, 6.45) is 1.30. The average molecular weight is 194 g/mol. The minimum atomic E-state index is -0.725. The molecule has 6 nitrogen and oxygen atoms in total. The summed E-state index contributed by atoms with van der Waals surface area (Å²) in [6, 6.07) is 1.75. The fraction of sp³-hybridized carbons (Fsp3) is 0.500. The van der Waals surface area contributed by atoms with E-state index in [0.717, 1.165) is 0 Å². The van der Waals surface area contributed by atoms with Crippen molar-refractivity contribution >= 4 is 12.0 Å². The molecule has 74 valence electrons. The van der Waals surface area contributed by atoms with Crippen LogP contribution < -0.4 is 5.73 Å². The number of nitriles is 2. The van der Waals surface area contributed by atoms with Gasteiger partial charge in [0.05, 0.1) is 0 Å². The van der Waals surface area contributed by atoms with Crippen LogP contribution in [0.15, 0.2) is 4.99 Å². The number of nitrogens with two attached hydrogens (primary N) is 1. The van der Waals surface area contributed by atoms with E-state index in [1.54, 1.807) is 13.8 Å². The monoisotopic (exact) mass is 194 g/mol. The molecule has 0 aliphatic rings. The van der Waals surface area contributed by atoms with Gasteiger partial charge in [-0.3, -0.25) is 4.79 Å². The quantitative estimate of drug-likeness (QED) is 0.496. The molecular weight excluding hydrogens is 184 g/mol. The number of nitrogens with zero attached hydrogens (tertiary/aromatic N) is 3. The third-order valence-electron chi connectivity index (χ3n) is 1.16. The topological polar surface area (TPSA) is 120 Å². The molecule has 0 aromatic carbocycles. The molecule has 0 saturated carbocycles. The molecule has 0 aromatic heterocycles. The molecule has 0 bridgehead atoms. The van der Waals surface area contributed by atoms with Gasteiger partial charge in [-0.05, 0) is 5.92 Å². The molecule has 0 fully saturated rings. The number of hydrogen-bond donors (Lipinski definition) is 1. The Kier molecular flexibility index (Phi) is 9.15. The van der Waals surface area contributed by atoms with Crippen LogP contribution in [-0.4, -0.2) is 18.0 Å². The Labute approximate surface area is 81.6 Å². The van der Waals surface area contributed by atoms with E-state index in [4.69, 9.17) is 16.3 Å². The van der Waals surface area contributed by atoms with Crippen LogP contribution in [0, 0.1) is 28.6 Å². The van der Waals surface area contributed by atoms with Gasteiger partial charge in [-0.2, -0.15) is 15.5 Å². The van der Waals surface area contributed by atoms with Crippen LogP contribution in [-0.2, 0) is 9.59 Å². The second-order valence-corrected chi connectivity index (χ2v) is 2.54. The van der Waals surface area contributed by atoms with Gasteiger partial charge >= 0.3 is 0 Å². The fourth-order valence-corrected chi connectivity index (χ4v) is 0.598. The van der Waals surface area contributed by atoms with Crippen LogP contribution in [0.4, 0.5) is 0 Å². The summed E-state index contributed by atoms with van der Waals surface area (Å²) < 4.78 is 0. The Bertz CT molecular complexity index is 290. The van der Waals surface area contributed by atoms with Gasteiger partial charge in [0.2, 0.25) is 12.0 Å². The van der Waals surface area contributed by atoms with E-state index in [1.165, 1.54) is 18.2 Å². The van der Waals surface area contributed by atoms with Gasteiger partial charge in [0.1, 0.15) is 6.04 Å². The molecule has 14 heavy (non-hydrogen) atoms. The van der Waals surface area contributed by atoms with Gasteiger partial charge in [-0.25, -0.2) is 4.79 Å². The Morgan fingerprint density at radius 1 is 1.36 bits per heavy atom. The summed E-state index contributed by atoms with van der Waals surface area (Å²) in [6.45, 7) is 3.52. The Balaban J connectivity index is 0. The molecule has 1 atom stereocenters. The van der Waals surface area contributed by atoms with Crippen molar-refractivity contribution in [2.75, 3.05) is 0 Å². The van der Waals surface area contributed by atoms with Crippen LogP contribution in [0.1, 0.15) is 13.8 Å². The summed E-state index contributed by atoms with van der Waals surface area (Å²) in [5, 5.41) is 14.5. The number of carbonyl (C=O) groups excluding carboxylic acids is 2. The van der Waals surface area contributed by atoms with Crippen LogP contribution >= 0.6 is 0 Å². The zero-order valence-corrected chi connectivity index (χ0v) is 7.89. The van der Waals surface area contributed by atoms with Crippen LogP contribution in [0.2, 0.25) is 0 Å². The van der Waals surface area contributed by atoms with E-state index in [9.17, 15) is 9.59 Å². The molecule has 1 unspecified atom stereocenters. The normalized spacial score (nSPS) is 9.50. The van der Waals surface area contributed by atoms with Gasteiger partial charge in [-0.15, -0.1) is 0 Å². The molecule has 0 aliphatic carbocycles. The lowest BCUT2D eigenvalue weighted by molar-refractivity contribution is -0.120. The number of carbonyl (C=O) groups is 1. The number of aliphatic imine (C=N–C) groups is 1. The van der Waals surface area contributed by atoms with Crippen molar-refractivity contribution in [1.82, 2.24) is 0 Å². The number of primary amides is 1. The summed E-state index contributed by atoms with van der Waals surface area (Å²) in [5.41, 5.74) is 4.91. The Morgan fingerprint density at radius 3 is 1.86 bits per heavy atom. The number of hydrogen-bond acceptors (Lipinski definition) is 5. The van der Waals surface area contributed by atoms with E-state index < -0.39 is 11.9 Å². The third-order valence-corrected chi connectivity index (χ3v) is 1.16. The van der Waals surface area contributed by atoms with Crippen molar-refractivity contribution in [2.24, 2.45) is 16.6 Å². The molecule has 0 rings (SSSR count). The molecular formula is C8H10N4O2. The predicted molar refractivity (Wildman–Crippen MR) is 47.2 cm³/mol. The van der Waals surface area contributed by atoms with E-state index in [0.29, 0.717) is 0 Å². The second-order valence-electron chi connectivity index (χ2n) is 2.54. The highest BCUT2D eigenvalue weighted by Gasteiger charge is 2.17. The van der Waals surface area contributed by atoms with Gasteiger partial charge < -0.3 is 5.73 Å². The first kappa shape index (κ1) is 14.4. The van der Waals surface area contributed by atoms with E-state index in [1.807, 2.05) is 0 Å². The lowest BCUT2D eigenvalue weighted by Crippen LogP contribution is -2.31. The predicted octanol–water partition coefficient (Wildman–Crippen LogP) is -0.134. The summed E-state index contributed by atoms with van der Waals surface area (Å²) in [7, 11) is 0. The van der Waals surface area contributed by atoms with Gasteiger partial charge in [0, 0.05) is 0 Å². The molecule has 0 spiro atoms. The SMILES string of the molecule is CC(C)C(N=C=O)C(N)=O.N#CC#N. The molecule has 0 aliphatic heterocycles. The first-order chi connectivity index (χ1) is 6.51. The molecule has 0 aromatic rings. The second kappa shape index (κ2) is 8.92. The first-order valence-corrected chi connectivity index (χ1v) is 3.65. The highest BCUT2D eigenvalue weighted by Crippen LogP contribution is 2.03. The molecule has 1 amide bonds. The highest BCUT2D eigenvalue weighted by molar-refractivity contribution is 5.81. The van der Waals surface area contributed by atoms with E-state index in [-0.39, 0.29) is 5.92 Å². The van der Waals surface area contributed by atoms with Gasteiger partial charge in [-0.1, -0.05) is 13.8 Å². The molecule has 6 heteroatoms. The zero-order valence-electron chi connectivity index (χ0n) is 7.89. The van der Waals surface area contributed by atoms with Gasteiger partial charge in [0.15, 0.2) is 12.1 Å². The van der Waals surface area contributed by atoms with Crippen LogP contribution in [0.25, 0.3) is 0 Å². The molecule has 2 N–H and O–H groups in total. The average Bonchev–Trinajstić information content (AvgIpc) is 2.13. The van der Waals surface area contributed by atoms with Crippen molar-refractivity contribution in [3.05, 3.63) is 0 Å². The number of amides is 1. The van der Waals surface area contributed by atoms with Crippen molar-refractivity contribution in [1.29, 1.82) is 10.5 Å². The van der Waals surface area contributed by atoms with Crippen molar-refractivity contribution in [3.8, 4) is 12.1 Å². The fourth-order valence-electron chi connectivity index (χ4n) is 0.598. The standard InChI is InChI=1S/C6H10N2O2.C2N2/c1-4(2)5(6(7)10)8-3-9;3-1-2-4/h4-5H,1-2H3,(H2,7,10);. The van der Waals surface area contributed by atoms with E-state index >= 15 is 0 Å². The van der Waals surface area contributed by atoms with Crippen molar-refractivity contribution in [3.63, 3.8) is 0 Å². The maximum atomic E-state index is 10.5. The maximum Gasteiger partial charge on any atom is 0.243 e. The van der Waals surface area contributed by atoms with Crippen molar-refractivity contribution < 1.29 is 9.59 Å². The first-order valence-electron chi connectivity index (χ1n) is 3.65. The Morgan fingerprint density at radius 2 is 1.79 bits per heavy atom. The minimum Gasteiger partial charge on any atom is -0.368 e. The highest BCUT2D eigenvalue weighted by atomic mass is 16.1. The number of isocyanates is 1. The number of rotatable bonds is 3. The Hall–Kier alpha value is -2.17. The largest absolute Gasteiger partial charge is 0.368 e. The van der Waals surface area contributed by atoms with Crippen LogP contribution in [0.3, 0.4) is 0 Å². The maximum absolute atomic E-state index is 10.5. The van der Waals surface area contributed by atoms with Gasteiger partial charge in [0.25, 0.3) is 0 Å². The smallest absolute Gasteiger partial charge is 0.243 e. The lowest BCUT2D eigenvalue weighted by atomic mass is 10.1. The third kappa shape index (κ3) is 7.93. The minimum absolute atomic E-state index is 0.0426. The molecule has 0 heterocycles. The summed E-state index contributed by atoms with van der Waals surface area (Å²) in [5.74, 6) is -0.628. The summed E-state index contributed by atoms with van der Waals surface area (Å²) >= 11 is 0. The summed E-state index contributed by atoms with van der Waals surface area (Å²) in [4.78, 5) is 23.4. The lowest BCUT2D eigenvalue weighted by Gasteiger charge is -2.08. The zero-order chi connectivity index (χ0) is 11.6. The van der Waals surface area contributed by atoms with E-state index in [2.05, 4.69) is 4.99 Å². The molecule has 0 radical (unpaired) electrons.